The molecule has 48 heavy (non-hydrogen) atoms. The minimum Gasteiger partial charge on any atom is -0.481 e. The number of rotatable bonds is 7. The van der Waals surface area contributed by atoms with Gasteiger partial charge in [0, 0.05) is 23.4 Å². The molecule has 2 atom stereocenters. The van der Waals surface area contributed by atoms with Crippen molar-refractivity contribution < 1.29 is 18.6 Å². The molecule has 5 nitrogen and oxygen atoms in total. The Morgan fingerprint density at radius 2 is 1.29 bits per heavy atom. The molecule has 6 aromatic rings. The van der Waals surface area contributed by atoms with Crippen molar-refractivity contribution in [2.24, 2.45) is 0 Å². The van der Waals surface area contributed by atoms with Crippen LogP contribution < -0.4 is 24.2 Å². The number of nitrogens with zero attached hydrogens (tertiary/aromatic N) is 1. The van der Waals surface area contributed by atoms with Crippen LogP contribution in [0.1, 0.15) is 22.3 Å². The van der Waals surface area contributed by atoms with Gasteiger partial charge in [0.15, 0.2) is 6.73 Å². The van der Waals surface area contributed by atoms with Gasteiger partial charge in [0.05, 0.1) is 5.30 Å². The second-order valence-electron chi connectivity index (χ2n) is 11.9. The Morgan fingerprint density at radius 3 is 2.04 bits per heavy atom. The van der Waals surface area contributed by atoms with Crippen molar-refractivity contribution in [3.63, 3.8) is 0 Å². The van der Waals surface area contributed by atoms with Crippen molar-refractivity contribution in [3.8, 4) is 40.7 Å². The van der Waals surface area contributed by atoms with Crippen molar-refractivity contribution in [2.75, 3.05) is 18.2 Å². The second kappa shape index (κ2) is 12.2. The van der Waals surface area contributed by atoms with Crippen molar-refractivity contribution in [1.82, 2.24) is 0 Å². The molecule has 0 aliphatic carbocycles. The largest absolute Gasteiger partial charge is 0.481 e. The van der Waals surface area contributed by atoms with Gasteiger partial charge in [0.25, 0.3) is 7.37 Å². The molecule has 0 aromatic heterocycles. The normalized spacial score (nSPS) is 17.3. The van der Waals surface area contributed by atoms with Crippen LogP contribution in [0.25, 0.3) is 11.1 Å². The van der Waals surface area contributed by atoms with Gasteiger partial charge in [0.1, 0.15) is 29.0 Å². The molecular formula is C42H32NO4P. The van der Waals surface area contributed by atoms with E-state index < -0.39 is 12.5 Å². The molecule has 0 radical (unpaired) electrons. The van der Waals surface area contributed by atoms with Crippen molar-refractivity contribution in [3.05, 3.63) is 174 Å². The van der Waals surface area contributed by atoms with Gasteiger partial charge in [-0.2, -0.15) is 0 Å². The summed E-state index contributed by atoms with van der Waals surface area (Å²) in [5, 5.41) is -0.572. The Bertz CT molecular complexity index is 2190. The van der Waals surface area contributed by atoms with E-state index in [9.17, 15) is 0 Å². The summed E-state index contributed by atoms with van der Waals surface area (Å²) >= 11 is 0. The van der Waals surface area contributed by atoms with Gasteiger partial charge in [-0.3, -0.25) is 4.57 Å². The summed E-state index contributed by atoms with van der Waals surface area (Å²) in [5.41, 5.74) is 6.45. The Kier molecular flexibility index (Phi) is 7.52. The third-order valence-corrected chi connectivity index (χ3v) is 12.3. The van der Waals surface area contributed by atoms with Gasteiger partial charge in [-0.1, -0.05) is 115 Å². The highest BCUT2D eigenvalue weighted by molar-refractivity contribution is 7.69. The molecule has 0 spiro atoms. The van der Waals surface area contributed by atoms with Gasteiger partial charge >= 0.3 is 0 Å². The number of fused-ring (bicyclic) bond motifs is 4. The van der Waals surface area contributed by atoms with E-state index in [1.54, 1.807) is 0 Å². The lowest BCUT2D eigenvalue weighted by atomic mass is 9.83. The molecular weight excluding hydrogens is 613 g/mol. The Morgan fingerprint density at radius 1 is 0.688 bits per heavy atom. The zero-order valence-corrected chi connectivity index (χ0v) is 27.1. The summed E-state index contributed by atoms with van der Waals surface area (Å²) in [7, 11) is -3.88. The number of terminal acetylenes is 1. The minimum atomic E-state index is -3.88. The number of hydrogen-bond acceptors (Lipinski definition) is 5. The lowest BCUT2D eigenvalue weighted by Gasteiger charge is -2.44. The van der Waals surface area contributed by atoms with Crippen LogP contribution in [-0.4, -0.2) is 13.3 Å². The van der Waals surface area contributed by atoms with Crippen LogP contribution in [0.15, 0.2) is 152 Å². The monoisotopic (exact) mass is 645 g/mol. The van der Waals surface area contributed by atoms with E-state index in [-0.39, 0.29) is 6.61 Å². The summed E-state index contributed by atoms with van der Waals surface area (Å²) in [6.07, 6.45) is 5.48. The highest BCUT2D eigenvalue weighted by Crippen LogP contribution is 2.71. The van der Waals surface area contributed by atoms with E-state index in [0.717, 1.165) is 51.4 Å². The summed E-state index contributed by atoms with van der Waals surface area (Å²) in [6, 6.07) is 50.0. The van der Waals surface area contributed by atoms with Gasteiger partial charge in [-0.15, -0.1) is 6.42 Å². The molecule has 234 valence electrons. The van der Waals surface area contributed by atoms with E-state index in [4.69, 9.17) is 20.4 Å². The first-order valence-electron chi connectivity index (χ1n) is 15.9. The molecule has 0 bridgehead atoms. The minimum absolute atomic E-state index is 0.154. The van der Waals surface area contributed by atoms with Crippen molar-refractivity contribution in [1.29, 1.82) is 0 Å². The van der Waals surface area contributed by atoms with Gasteiger partial charge < -0.3 is 18.9 Å². The fourth-order valence-electron chi connectivity index (χ4n) is 7.02. The molecule has 8 rings (SSSR count). The summed E-state index contributed by atoms with van der Waals surface area (Å²) in [4.78, 5) is 2.19. The molecule has 2 aliphatic rings. The average molecular weight is 646 g/mol. The molecule has 0 saturated heterocycles. The van der Waals surface area contributed by atoms with Crippen LogP contribution in [0.5, 0.6) is 17.2 Å². The van der Waals surface area contributed by atoms with Crippen molar-refractivity contribution >= 4 is 18.4 Å². The first-order valence-corrected chi connectivity index (χ1v) is 17.5. The predicted octanol–water partition coefficient (Wildman–Crippen LogP) is 9.01. The lowest BCUT2D eigenvalue weighted by molar-refractivity contribution is 0.289. The third-order valence-electron chi connectivity index (χ3n) is 9.21. The molecule has 0 N–H and O–H groups in total. The molecule has 2 aliphatic heterocycles. The summed E-state index contributed by atoms with van der Waals surface area (Å²) in [6.45, 7) is 1.32. The Balaban J connectivity index is 1.36. The van der Waals surface area contributed by atoms with Crippen molar-refractivity contribution in [2.45, 2.75) is 11.7 Å². The SMILES string of the molecule is C#CCOc1ccc(C(c2ccccc2)(c2ccc(N3COc4ccccc4C3)cc2)P2(=O)Oc3ccccc3-c3ccccc32)cc1. The first kappa shape index (κ1) is 29.7. The van der Waals surface area contributed by atoms with E-state index >= 15 is 4.57 Å². The molecule has 2 heterocycles. The highest BCUT2D eigenvalue weighted by Gasteiger charge is 2.58. The van der Waals surface area contributed by atoms with E-state index in [1.165, 1.54) is 0 Å². The maximum Gasteiger partial charge on any atom is 0.296 e. The van der Waals surface area contributed by atoms with Crippen LogP contribution in [0, 0.1) is 12.3 Å². The van der Waals surface area contributed by atoms with Crippen LogP contribution in [0.4, 0.5) is 5.69 Å². The molecule has 0 saturated carbocycles. The number of ether oxygens (including phenoxy) is 2. The standard InChI is InChI=1S/C42H32NO4P/c1-2-28-45-36-26-22-34(23-27-36)42(32-13-4-3-5-14-32,48(44)41-19-11-8-16-38(41)37-15-7-10-18-40(37)47-48)33-20-24-35(25-21-33)43-29-31-12-6-9-17-39(31)46-30-43/h1,3-27H,28-30H2. The van der Waals surface area contributed by atoms with Crippen LogP contribution in [0.2, 0.25) is 0 Å². The smallest absolute Gasteiger partial charge is 0.296 e. The fourth-order valence-corrected chi connectivity index (χ4v) is 10.3. The van der Waals surface area contributed by atoms with E-state index in [0.29, 0.717) is 23.5 Å². The fraction of sp³-hybridized carbons (Fsp3) is 0.0952. The summed E-state index contributed by atoms with van der Waals surface area (Å²) in [5.74, 6) is 4.67. The quantitative estimate of drug-likeness (QED) is 0.0986. The number of hydrogen-bond donors (Lipinski definition) is 0. The number of benzene rings is 6. The summed E-state index contributed by atoms with van der Waals surface area (Å²) < 4.78 is 35.3. The topological polar surface area (TPSA) is 48.0 Å². The Labute approximate surface area is 280 Å². The van der Waals surface area contributed by atoms with E-state index in [1.807, 2.05) is 121 Å². The molecule has 6 aromatic carbocycles. The number of para-hydroxylation sites is 2. The predicted molar refractivity (Wildman–Crippen MR) is 191 cm³/mol. The van der Waals surface area contributed by atoms with E-state index in [2.05, 4.69) is 41.2 Å². The third kappa shape index (κ3) is 4.77. The van der Waals surface area contributed by atoms with Gasteiger partial charge in [-0.25, -0.2) is 0 Å². The molecule has 0 amide bonds. The van der Waals surface area contributed by atoms with Crippen LogP contribution >= 0.6 is 7.37 Å². The van der Waals surface area contributed by atoms with Crippen LogP contribution in [0.3, 0.4) is 0 Å². The zero-order valence-electron chi connectivity index (χ0n) is 26.2. The molecule has 2 unspecified atom stereocenters. The first-order chi connectivity index (χ1) is 23.6. The average Bonchev–Trinajstić information content (AvgIpc) is 3.15. The van der Waals surface area contributed by atoms with Crippen LogP contribution in [-0.2, 0) is 16.3 Å². The maximum atomic E-state index is 16.5. The molecule has 6 heteroatoms. The highest BCUT2D eigenvalue weighted by atomic mass is 31.2. The van der Waals surface area contributed by atoms with Gasteiger partial charge in [-0.05, 0) is 64.7 Å². The Hall–Kier alpha value is -5.69. The number of anilines is 1. The maximum absolute atomic E-state index is 16.5. The zero-order chi connectivity index (χ0) is 32.6. The molecule has 0 fully saturated rings. The lowest BCUT2D eigenvalue weighted by Crippen LogP contribution is -2.38. The second-order valence-corrected chi connectivity index (χ2v) is 14.3. The van der Waals surface area contributed by atoms with Gasteiger partial charge in [0.2, 0.25) is 0 Å².